The minimum absolute atomic E-state index is 0.502. The lowest BCUT2D eigenvalue weighted by Crippen LogP contribution is -2.31. The van der Waals surface area contributed by atoms with Gasteiger partial charge in [0.05, 0.1) is 0 Å². The van der Waals surface area contributed by atoms with Gasteiger partial charge in [-0.2, -0.15) is 0 Å². The van der Waals surface area contributed by atoms with Gasteiger partial charge in [-0.3, -0.25) is 0 Å². The number of benzene rings is 1. The second-order valence-corrected chi connectivity index (χ2v) is 6.84. The summed E-state index contributed by atoms with van der Waals surface area (Å²) in [6, 6.07) is 7.15. The van der Waals surface area contributed by atoms with Gasteiger partial charge in [0.15, 0.2) is 0 Å². The first kappa shape index (κ1) is 15.1. The Bertz CT molecular complexity index is 416. The molecule has 1 aliphatic rings. The highest BCUT2D eigenvalue weighted by Gasteiger charge is 2.28. The predicted molar refractivity (Wildman–Crippen MR) is 86.4 cm³/mol. The Morgan fingerprint density at radius 3 is 2.84 bits per heavy atom. The largest absolute Gasteiger partial charge is 0.310 e. The Balaban J connectivity index is 2.26. The molecular weight excluding hydrogens is 298 g/mol. The number of aryl methyl sites for hydroxylation is 1. The molecule has 1 saturated carbocycles. The molecule has 2 rings (SSSR count). The molecule has 1 nitrogen and oxygen atoms in total. The van der Waals surface area contributed by atoms with Crippen LogP contribution in [-0.4, -0.2) is 6.54 Å². The van der Waals surface area contributed by atoms with Gasteiger partial charge in [-0.05, 0) is 49.3 Å². The summed E-state index contributed by atoms with van der Waals surface area (Å²) in [6.07, 6.45) is 5.52. The zero-order valence-corrected chi connectivity index (χ0v) is 14.0. The highest BCUT2D eigenvalue weighted by Crippen LogP contribution is 2.39. The van der Waals surface area contributed by atoms with Gasteiger partial charge in [0.25, 0.3) is 0 Å². The molecule has 0 heterocycles. The molecule has 0 saturated heterocycles. The van der Waals surface area contributed by atoms with E-state index in [9.17, 15) is 0 Å². The fraction of sp³-hybridized carbons (Fsp3) is 0.647. The van der Waals surface area contributed by atoms with Crippen LogP contribution >= 0.6 is 15.9 Å². The monoisotopic (exact) mass is 323 g/mol. The molecule has 1 aromatic carbocycles. The molecular formula is C17H26BrN. The molecule has 0 amide bonds. The Labute approximate surface area is 126 Å². The van der Waals surface area contributed by atoms with Crippen molar-refractivity contribution in [3.8, 4) is 0 Å². The summed E-state index contributed by atoms with van der Waals surface area (Å²) in [5.41, 5.74) is 2.78. The Morgan fingerprint density at radius 1 is 1.37 bits per heavy atom. The third-order valence-electron chi connectivity index (χ3n) is 4.43. The van der Waals surface area contributed by atoms with Crippen LogP contribution in [0.15, 0.2) is 22.7 Å². The van der Waals surface area contributed by atoms with E-state index in [2.05, 4.69) is 60.2 Å². The highest BCUT2D eigenvalue weighted by atomic mass is 79.9. The smallest absolute Gasteiger partial charge is 0.0359 e. The molecule has 1 aliphatic carbocycles. The molecule has 19 heavy (non-hydrogen) atoms. The minimum atomic E-state index is 0.502. The fourth-order valence-electron chi connectivity index (χ4n) is 3.44. The highest BCUT2D eigenvalue weighted by molar-refractivity contribution is 9.10. The first-order valence-electron chi connectivity index (χ1n) is 7.61. The Morgan fingerprint density at radius 2 is 2.16 bits per heavy atom. The fourth-order valence-corrected chi connectivity index (χ4v) is 3.96. The lowest BCUT2D eigenvalue weighted by Gasteiger charge is -2.34. The molecule has 1 fully saturated rings. The maximum Gasteiger partial charge on any atom is 0.0359 e. The summed E-state index contributed by atoms with van der Waals surface area (Å²) in [6.45, 7) is 7.83. The van der Waals surface area contributed by atoms with Crippen LogP contribution < -0.4 is 5.32 Å². The minimum Gasteiger partial charge on any atom is -0.310 e. The Hall–Kier alpha value is -0.340. The number of rotatable bonds is 4. The molecule has 3 atom stereocenters. The van der Waals surface area contributed by atoms with Crippen molar-refractivity contribution in [1.82, 2.24) is 5.32 Å². The first-order chi connectivity index (χ1) is 9.13. The molecule has 106 valence electrons. The van der Waals surface area contributed by atoms with Crippen LogP contribution in [-0.2, 0) is 0 Å². The van der Waals surface area contributed by atoms with Crippen molar-refractivity contribution in [2.24, 2.45) is 11.8 Å². The summed E-state index contributed by atoms with van der Waals surface area (Å²) in [5, 5.41) is 3.73. The van der Waals surface area contributed by atoms with Gasteiger partial charge in [-0.15, -0.1) is 0 Å². The topological polar surface area (TPSA) is 12.0 Å². The number of hydrogen-bond acceptors (Lipinski definition) is 1. The second-order valence-electron chi connectivity index (χ2n) is 6.05. The zero-order chi connectivity index (χ0) is 13.8. The van der Waals surface area contributed by atoms with Crippen LogP contribution in [0.1, 0.15) is 56.7 Å². The lowest BCUT2D eigenvalue weighted by atomic mass is 9.76. The quantitative estimate of drug-likeness (QED) is 0.799. The van der Waals surface area contributed by atoms with Crippen LogP contribution in [0.2, 0.25) is 0 Å². The van der Waals surface area contributed by atoms with Crippen LogP contribution in [0, 0.1) is 18.8 Å². The maximum absolute atomic E-state index is 3.79. The van der Waals surface area contributed by atoms with E-state index in [1.165, 1.54) is 41.3 Å². The average molecular weight is 324 g/mol. The first-order valence-corrected chi connectivity index (χ1v) is 8.41. The van der Waals surface area contributed by atoms with Crippen LogP contribution in [0.25, 0.3) is 0 Å². The Kier molecular flexibility index (Phi) is 5.47. The molecule has 1 N–H and O–H groups in total. The van der Waals surface area contributed by atoms with Crippen molar-refractivity contribution in [3.63, 3.8) is 0 Å². The maximum atomic E-state index is 3.79. The molecule has 0 aromatic heterocycles. The SMILES string of the molecule is CCNC(c1cccc(C)c1Br)C1CCCC(C)C1. The van der Waals surface area contributed by atoms with Gasteiger partial charge in [0, 0.05) is 10.5 Å². The van der Waals surface area contributed by atoms with Gasteiger partial charge in [0.2, 0.25) is 0 Å². The molecule has 2 heteroatoms. The van der Waals surface area contributed by atoms with Gasteiger partial charge in [-0.1, -0.05) is 60.8 Å². The number of halogens is 1. The standard InChI is InChI=1S/C17H26BrN/c1-4-19-17(14-9-5-7-12(2)11-14)15-10-6-8-13(3)16(15)18/h6,8,10,12,14,17,19H,4-5,7,9,11H2,1-3H3. The molecule has 0 bridgehead atoms. The van der Waals surface area contributed by atoms with Gasteiger partial charge in [0.1, 0.15) is 0 Å². The van der Waals surface area contributed by atoms with Crippen molar-refractivity contribution < 1.29 is 0 Å². The van der Waals surface area contributed by atoms with E-state index in [1.54, 1.807) is 0 Å². The van der Waals surface area contributed by atoms with Crippen molar-refractivity contribution in [1.29, 1.82) is 0 Å². The van der Waals surface area contributed by atoms with Crippen molar-refractivity contribution in [2.75, 3.05) is 6.54 Å². The van der Waals surface area contributed by atoms with E-state index < -0.39 is 0 Å². The third-order valence-corrected chi connectivity index (χ3v) is 5.51. The molecule has 3 unspecified atom stereocenters. The second kappa shape index (κ2) is 6.90. The predicted octanol–water partition coefficient (Wildman–Crippen LogP) is 5.23. The van der Waals surface area contributed by atoms with Gasteiger partial charge >= 0.3 is 0 Å². The average Bonchev–Trinajstić information content (AvgIpc) is 2.40. The van der Waals surface area contributed by atoms with E-state index >= 15 is 0 Å². The van der Waals surface area contributed by atoms with Crippen LogP contribution in [0.5, 0.6) is 0 Å². The summed E-state index contributed by atoms with van der Waals surface area (Å²) in [5.74, 6) is 1.66. The summed E-state index contributed by atoms with van der Waals surface area (Å²) in [7, 11) is 0. The molecule has 0 radical (unpaired) electrons. The van der Waals surface area contributed by atoms with Crippen LogP contribution in [0.3, 0.4) is 0 Å². The normalized spacial score (nSPS) is 25.3. The summed E-state index contributed by atoms with van der Waals surface area (Å²) < 4.78 is 1.29. The van der Waals surface area contributed by atoms with E-state index in [4.69, 9.17) is 0 Å². The van der Waals surface area contributed by atoms with Crippen LogP contribution in [0.4, 0.5) is 0 Å². The van der Waals surface area contributed by atoms with E-state index in [0.29, 0.717) is 6.04 Å². The van der Waals surface area contributed by atoms with Gasteiger partial charge < -0.3 is 5.32 Å². The number of hydrogen-bond donors (Lipinski definition) is 1. The van der Waals surface area contributed by atoms with E-state index in [0.717, 1.165) is 18.4 Å². The van der Waals surface area contributed by atoms with Crippen molar-refractivity contribution in [3.05, 3.63) is 33.8 Å². The summed E-state index contributed by atoms with van der Waals surface area (Å²) >= 11 is 3.79. The third kappa shape index (κ3) is 3.61. The van der Waals surface area contributed by atoms with Gasteiger partial charge in [-0.25, -0.2) is 0 Å². The summed E-state index contributed by atoms with van der Waals surface area (Å²) in [4.78, 5) is 0. The number of nitrogens with one attached hydrogen (secondary N) is 1. The zero-order valence-electron chi connectivity index (χ0n) is 12.4. The van der Waals surface area contributed by atoms with Crippen molar-refractivity contribution >= 4 is 15.9 Å². The molecule has 1 aromatic rings. The lowest BCUT2D eigenvalue weighted by molar-refractivity contribution is 0.225. The van der Waals surface area contributed by atoms with E-state index in [1.807, 2.05) is 0 Å². The van der Waals surface area contributed by atoms with Crippen molar-refractivity contribution in [2.45, 2.75) is 52.5 Å². The van der Waals surface area contributed by atoms with E-state index in [-0.39, 0.29) is 0 Å². The molecule has 0 aliphatic heterocycles. The molecule has 0 spiro atoms.